The maximum absolute atomic E-state index is 12.6. The van der Waals surface area contributed by atoms with Crippen LogP contribution >= 0.6 is 11.6 Å². The highest BCUT2D eigenvalue weighted by Crippen LogP contribution is 2.27. The number of hydrogen-bond acceptors (Lipinski definition) is 5. The van der Waals surface area contributed by atoms with E-state index < -0.39 is 25.5 Å². The number of nitrogens with zero attached hydrogens (tertiary/aromatic N) is 3. The van der Waals surface area contributed by atoms with E-state index in [9.17, 15) is 18.5 Å². The number of hydrogen-bond donors (Lipinski definition) is 1. The Kier molecular flexibility index (Phi) is 5.03. The summed E-state index contributed by atoms with van der Waals surface area (Å²) in [4.78, 5) is 13.9. The number of nitro groups is 1. The van der Waals surface area contributed by atoms with E-state index in [4.69, 9.17) is 11.6 Å². The highest BCUT2D eigenvalue weighted by Gasteiger charge is 2.26. The average molecular weight is 393 g/mol. The van der Waals surface area contributed by atoms with Crippen LogP contribution in [0.5, 0.6) is 0 Å². The SMILES string of the molecule is O=[N+]([O-])c1cc(Cl)ccc1S(=O)(=O)NCc1ccccc1-n1ccnc1. The van der Waals surface area contributed by atoms with Crippen LogP contribution in [0.15, 0.2) is 66.1 Å². The highest BCUT2D eigenvalue weighted by atomic mass is 35.5. The maximum atomic E-state index is 12.6. The van der Waals surface area contributed by atoms with Crippen molar-refractivity contribution in [1.82, 2.24) is 14.3 Å². The molecule has 1 heterocycles. The molecule has 0 radical (unpaired) electrons. The number of nitro benzene ring substituents is 1. The minimum absolute atomic E-state index is 0.0452. The van der Waals surface area contributed by atoms with E-state index >= 15 is 0 Å². The van der Waals surface area contributed by atoms with Crippen molar-refractivity contribution >= 4 is 27.3 Å². The van der Waals surface area contributed by atoms with Crippen molar-refractivity contribution in [2.75, 3.05) is 0 Å². The zero-order valence-electron chi connectivity index (χ0n) is 13.2. The first-order valence-electron chi connectivity index (χ1n) is 7.38. The lowest BCUT2D eigenvalue weighted by Gasteiger charge is -2.12. The molecular formula is C16H13ClN4O4S. The van der Waals surface area contributed by atoms with Crippen LogP contribution in [0.3, 0.4) is 0 Å². The summed E-state index contributed by atoms with van der Waals surface area (Å²) in [5, 5.41) is 11.2. The summed E-state index contributed by atoms with van der Waals surface area (Å²) in [5.41, 5.74) is 0.858. The van der Waals surface area contributed by atoms with Gasteiger partial charge in [-0.3, -0.25) is 10.1 Å². The number of benzene rings is 2. The molecule has 134 valence electrons. The predicted molar refractivity (Wildman–Crippen MR) is 95.7 cm³/mol. The van der Waals surface area contributed by atoms with Gasteiger partial charge in [0.05, 0.1) is 16.9 Å². The molecule has 0 fully saturated rings. The van der Waals surface area contributed by atoms with Crippen LogP contribution in [-0.4, -0.2) is 22.9 Å². The fourth-order valence-electron chi connectivity index (χ4n) is 2.42. The fourth-order valence-corrected chi connectivity index (χ4v) is 3.75. The number of halogens is 1. The molecule has 0 aliphatic heterocycles. The van der Waals surface area contributed by atoms with Gasteiger partial charge in [0.2, 0.25) is 10.0 Å². The van der Waals surface area contributed by atoms with Crippen molar-refractivity contribution in [3.63, 3.8) is 0 Å². The minimum Gasteiger partial charge on any atom is -0.306 e. The van der Waals surface area contributed by atoms with Crippen LogP contribution in [0.4, 0.5) is 5.69 Å². The van der Waals surface area contributed by atoms with E-state index in [1.807, 2.05) is 12.1 Å². The van der Waals surface area contributed by atoms with Crippen molar-refractivity contribution in [3.8, 4) is 5.69 Å². The van der Waals surface area contributed by atoms with Crippen LogP contribution in [0.1, 0.15) is 5.56 Å². The molecule has 10 heteroatoms. The summed E-state index contributed by atoms with van der Waals surface area (Å²) in [6.45, 7) is -0.0452. The summed E-state index contributed by atoms with van der Waals surface area (Å²) in [7, 11) is -4.11. The Labute approximate surface area is 154 Å². The maximum Gasteiger partial charge on any atom is 0.290 e. The summed E-state index contributed by atoms with van der Waals surface area (Å²) in [6.07, 6.45) is 4.94. The smallest absolute Gasteiger partial charge is 0.290 e. The Bertz CT molecular complexity index is 1050. The van der Waals surface area contributed by atoms with Crippen molar-refractivity contribution in [2.24, 2.45) is 0 Å². The average Bonchev–Trinajstić information content (AvgIpc) is 3.14. The number of rotatable bonds is 6. The van der Waals surface area contributed by atoms with Crippen molar-refractivity contribution < 1.29 is 13.3 Å². The van der Waals surface area contributed by atoms with Gasteiger partial charge in [-0.2, -0.15) is 0 Å². The first-order chi connectivity index (χ1) is 12.4. The Balaban J connectivity index is 1.90. The number of para-hydroxylation sites is 1. The van der Waals surface area contributed by atoms with Gasteiger partial charge in [-0.1, -0.05) is 29.8 Å². The third-order valence-electron chi connectivity index (χ3n) is 3.63. The van der Waals surface area contributed by atoms with Gasteiger partial charge in [-0.05, 0) is 23.8 Å². The highest BCUT2D eigenvalue weighted by molar-refractivity contribution is 7.89. The molecule has 3 rings (SSSR count). The van der Waals surface area contributed by atoms with E-state index in [0.29, 0.717) is 5.56 Å². The molecule has 0 aliphatic carbocycles. The van der Waals surface area contributed by atoms with Gasteiger partial charge >= 0.3 is 0 Å². The summed E-state index contributed by atoms with van der Waals surface area (Å²) in [5.74, 6) is 0. The van der Waals surface area contributed by atoms with Gasteiger partial charge in [0, 0.05) is 30.0 Å². The number of nitrogens with one attached hydrogen (secondary N) is 1. The molecule has 26 heavy (non-hydrogen) atoms. The Morgan fingerprint density at radius 3 is 2.69 bits per heavy atom. The molecule has 8 nitrogen and oxygen atoms in total. The molecule has 0 saturated heterocycles. The largest absolute Gasteiger partial charge is 0.306 e. The van der Waals surface area contributed by atoms with Gasteiger partial charge in [-0.25, -0.2) is 18.1 Å². The first-order valence-corrected chi connectivity index (χ1v) is 9.24. The second-order valence-electron chi connectivity index (χ2n) is 5.29. The molecule has 2 aromatic carbocycles. The molecule has 0 unspecified atom stereocenters. The first kappa shape index (κ1) is 18.1. The molecule has 0 aliphatic rings. The Hall–Kier alpha value is -2.75. The zero-order chi connectivity index (χ0) is 18.7. The molecular weight excluding hydrogens is 380 g/mol. The van der Waals surface area contributed by atoms with Gasteiger partial charge in [0.1, 0.15) is 0 Å². The topological polar surface area (TPSA) is 107 Å². The van der Waals surface area contributed by atoms with Crippen LogP contribution in [0, 0.1) is 10.1 Å². The Morgan fingerprint density at radius 2 is 2.00 bits per heavy atom. The number of imidazole rings is 1. The van der Waals surface area contributed by atoms with Crippen LogP contribution in [0.2, 0.25) is 5.02 Å². The summed E-state index contributed by atoms with van der Waals surface area (Å²) < 4.78 is 29.3. The van der Waals surface area contributed by atoms with Crippen LogP contribution in [-0.2, 0) is 16.6 Å². The molecule has 3 aromatic rings. The number of sulfonamides is 1. The molecule has 0 bridgehead atoms. The lowest BCUT2D eigenvalue weighted by Crippen LogP contribution is -2.24. The standard InChI is InChI=1S/C16H13ClN4O4S/c17-13-5-6-16(15(9-13)21(22)23)26(24,25)19-10-12-3-1-2-4-14(12)20-8-7-18-11-20/h1-9,11,19H,10H2. The molecule has 0 saturated carbocycles. The minimum atomic E-state index is -4.11. The van der Waals surface area contributed by atoms with Gasteiger partial charge in [0.15, 0.2) is 4.90 Å². The second kappa shape index (κ2) is 7.24. The second-order valence-corrected chi connectivity index (χ2v) is 7.46. The normalized spacial score (nSPS) is 11.4. The van der Waals surface area contributed by atoms with E-state index in [0.717, 1.165) is 17.8 Å². The zero-order valence-corrected chi connectivity index (χ0v) is 14.8. The van der Waals surface area contributed by atoms with Gasteiger partial charge in [0.25, 0.3) is 5.69 Å². The molecule has 0 atom stereocenters. The number of aromatic nitrogens is 2. The van der Waals surface area contributed by atoms with Crippen LogP contribution < -0.4 is 4.72 Å². The van der Waals surface area contributed by atoms with Crippen molar-refractivity contribution in [1.29, 1.82) is 0 Å². The lowest BCUT2D eigenvalue weighted by atomic mass is 10.2. The molecule has 1 aromatic heterocycles. The van der Waals surface area contributed by atoms with Crippen LogP contribution in [0.25, 0.3) is 5.69 Å². The van der Waals surface area contributed by atoms with E-state index in [1.54, 1.807) is 35.4 Å². The van der Waals surface area contributed by atoms with Crippen molar-refractivity contribution in [3.05, 3.63) is 81.9 Å². The molecule has 0 amide bonds. The molecule has 0 spiro atoms. The molecule has 1 N–H and O–H groups in total. The quantitative estimate of drug-likeness (QED) is 0.512. The summed E-state index contributed by atoms with van der Waals surface area (Å²) in [6, 6.07) is 10.6. The third kappa shape index (κ3) is 3.74. The van der Waals surface area contributed by atoms with E-state index in [2.05, 4.69) is 9.71 Å². The summed E-state index contributed by atoms with van der Waals surface area (Å²) >= 11 is 5.73. The van der Waals surface area contributed by atoms with Gasteiger partial charge in [-0.15, -0.1) is 0 Å². The van der Waals surface area contributed by atoms with E-state index in [1.165, 1.54) is 6.07 Å². The van der Waals surface area contributed by atoms with Crippen molar-refractivity contribution in [2.45, 2.75) is 11.4 Å². The predicted octanol–water partition coefficient (Wildman–Crippen LogP) is 2.91. The third-order valence-corrected chi connectivity index (χ3v) is 5.32. The Morgan fingerprint density at radius 1 is 1.23 bits per heavy atom. The monoisotopic (exact) mass is 392 g/mol. The fraction of sp³-hybridized carbons (Fsp3) is 0.0625. The van der Waals surface area contributed by atoms with Gasteiger partial charge < -0.3 is 4.57 Å². The van der Waals surface area contributed by atoms with E-state index in [-0.39, 0.29) is 11.6 Å². The lowest BCUT2D eigenvalue weighted by molar-refractivity contribution is -0.387.